The molecule has 3 nitrogen and oxygen atoms in total. The lowest BCUT2D eigenvalue weighted by Gasteiger charge is -2.27. The lowest BCUT2D eigenvalue weighted by atomic mass is 9.73. The zero-order valence-electron chi connectivity index (χ0n) is 11.5. The fraction of sp³-hybridized carbons (Fsp3) is 0.235. The van der Waals surface area contributed by atoms with Gasteiger partial charge in [-0.25, -0.2) is 0 Å². The number of nitriles is 1. The molecule has 20 heavy (non-hydrogen) atoms. The first-order chi connectivity index (χ1) is 9.73. The van der Waals surface area contributed by atoms with E-state index in [9.17, 15) is 5.26 Å². The van der Waals surface area contributed by atoms with Crippen LogP contribution in [0, 0.1) is 11.3 Å². The molecule has 0 amide bonds. The van der Waals surface area contributed by atoms with Gasteiger partial charge in [-0.15, -0.1) is 0 Å². The van der Waals surface area contributed by atoms with Gasteiger partial charge in [0, 0.05) is 19.4 Å². The summed E-state index contributed by atoms with van der Waals surface area (Å²) < 4.78 is 5.19. The number of benzene rings is 2. The van der Waals surface area contributed by atoms with Crippen molar-refractivity contribution in [3.8, 4) is 6.07 Å². The Morgan fingerprint density at radius 1 is 1.05 bits per heavy atom. The first-order valence-electron chi connectivity index (χ1n) is 6.54. The van der Waals surface area contributed by atoms with Crippen LogP contribution in [0.3, 0.4) is 0 Å². The van der Waals surface area contributed by atoms with Crippen LogP contribution in [-0.2, 0) is 10.2 Å². The van der Waals surface area contributed by atoms with Gasteiger partial charge in [0.1, 0.15) is 5.41 Å². The van der Waals surface area contributed by atoms with E-state index in [0.29, 0.717) is 18.7 Å². The molecule has 0 bridgehead atoms. The molecule has 0 aliphatic carbocycles. The Morgan fingerprint density at radius 2 is 1.65 bits per heavy atom. The average Bonchev–Trinajstić information content (AvgIpc) is 2.51. The molecule has 0 fully saturated rings. The molecule has 0 aromatic heterocycles. The van der Waals surface area contributed by atoms with Crippen molar-refractivity contribution in [2.45, 2.75) is 11.8 Å². The first kappa shape index (κ1) is 14.1. The minimum Gasteiger partial charge on any atom is -0.399 e. The second-order valence-corrected chi connectivity index (χ2v) is 4.75. The second-order valence-electron chi connectivity index (χ2n) is 4.75. The largest absolute Gasteiger partial charge is 0.399 e. The lowest BCUT2D eigenvalue weighted by Crippen LogP contribution is -2.27. The van der Waals surface area contributed by atoms with Crippen LogP contribution in [0.25, 0.3) is 0 Å². The molecule has 0 radical (unpaired) electrons. The van der Waals surface area contributed by atoms with E-state index >= 15 is 0 Å². The maximum atomic E-state index is 9.84. The van der Waals surface area contributed by atoms with Gasteiger partial charge in [0.15, 0.2) is 0 Å². The molecule has 0 saturated heterocycles. The van der Waals surface area contributed by atoms with Crippen molar-refractivity contribution in [2.24, 2.45) is 0 Å². The number of nitrogens with two attached hydrogens (primary N) is 1. The Balaban J connectivity index is 2.53. The summed E-state index contributed by atoms with van der Waals surface area (Å²) in [4.78, 5) is 0. The van der Waals surface area contributed by atoms with Gasteiger partial charge in [0.25, 0.3) is 0 Å². The molecule has 2 aromatic rings. The highest BCUT2D eigenvalue weighted by Crippen LogP contribution is 2.35. The van der Waals surface area contributed by atoms with E-state index in [1.54, 1.807) is 7.11 Å². The first-order valence-corrected chi connectivity index (χ1v) is 6.54. The maximum Gasteiger partial charge on any atom is 0.109 e. The van der Waals surface area contributed by atoms with Crippen molar-refractivity contribution >= 4 is 5.69 Å². The molecule has 2 N–H and O–H groups in total. The van der Waals surface area contributed by atoms with Gasteiger partial charge in [-0.3, -0.25) is 0 Å². The number of nitrogens with zero attached hydrogens (tertiary/aromatic N) is 1. The Bertz CT molecular complexity index is 587. The van der Waals surface area contributed by atoms with Crippen LogP contribution >= 0.6 is 0 Å². The molecule has 0 saturated carbocycles. The molecule has 2 rings (SSSR count). The highest BCUT2D eigenvalue weighted by atomic mass is 16.5. The smallest absolute Gasteiger partial charge is 0.109 e. The molecule has 1 unspecified atom stereocenters. The maximum absolute atomic E-state index is 9.84. The summed E-state index contributed by atoms with van der Waals surface area (Å²) >= 11 is 0. The molecule has 2 aromatic carbocycles. The van der Waals surface area contributed by atoms with E-state index in [2.05, 4.69) is 6.07 Å². The van der Waals surface area contributed by atoms with Crippen molar-refractivity contribution in [3.63, 3.8) is 0 Å². The summed E-state index contributed by atoms with van der Waals surface area (Å²) in [5.41, 5.74) is 7.65. The number of rotatable bonds is 5. The standard InChI is InChI=1S/C17H18N2O/c1-20-12-11-17(13-18,14-5-3-2-4-6-14)15-7-9-16(19)10-8-15/h2-10H,11-12,19H2,1H3. The highest BCUT2D eigenvalue weighted by Gasteiger charge is 2.34. The third-order valence-corrected chi connectivity index (χ3v) is 3.54. The van der Waals surface area contributed by atoms with Gasteiger partial charge in [-0.1, -0.05) is 42.5 Å². The number of nitrogen functional groups attached to an aromatic ring is 1. The van der Waals surface area contributed by atoms with Gasteiger partial charge in [-0.2, -0.15) is 5.26 Å². The quantitative estimate of drug-likeness (QED) is 0.846. The Kier molecular flexibility index (Phi) is 4.39. The van der Waals surface area contributed by atoms with E-state index in [-0.39, 0.29) is 0 Å². The van der Waals surface area contributed by atoms with Crippen LogP contribution in [-0.4, -0.2) is 13.7 Å². The summed E-state index contributed by atoms with van der Waals surface area (Å²) in [5, 5.41) is 9.84. The van der Waals surface area contributed by atoms with Crippen molar-refractivity contribution in [2.75, 3.05) is 19.5 Å². The lowest BCUT2D eigenvalue weighted by molar-refractivity contribution is 0.183. The molecule has 0 aliphatic rings. The fourth-order valence-corrected chi connectivity index (χ4v) is 2.39. The number of ether oxygens (including phenoxy) is 1. The van der Waals surface area contributed by atoms with Crippen molar-refractivity contribution in [1.29, 1.82) is 5.26 Å². The SMILES string of the molecule is COCCC(C#N)(c1ccccc1)c1ccc(N)cc1. The zero-order chi connectivity index (χ0) is 14.4. The summed E-state index contributed by atoms with van der Waals surface area (Å²) in [7, 11) is 1.65. The number of methoxy groups -OCH3 is 1. The third-order valence-electron chi connectivity index (χ3n) is 3.54. The van der Waals surface area contributed by atoms with Gasteiger partial charge in [0.2, 0.25) is 0 Å². The monoisotopic (exact) mass is 266 g/mol. The van der Waals surface area contributed by atoms with Crippen molar-refractivity contribution in [1.82, 2.24) is 0 Å². The summed E-state index contributed by atoms with van der Waals surface area (Å²) in [6.45, 7) is 0.521. The van der Waals surface area contributed by atoms with E-state index in [4.69, 9.17) is 10.5 Å². The number of anilines is 1. The van der Waals surface area contributed by atoms with Crippen LogP contribution in [0.4, 0.5) is 5.69 Å². The summed E-state index contributed by atoms with van der Waals surface area (Å²) in [6.07, 6.45) is 0.605. The van der Waals surface area contributed by atoms with Crippen molar-refractivity contribution in [3.05, 3.63) is 65.7 Å². The predicted molar refractivity (Wildman–Crippen MR) is 80.2 cm³/mol. The van der Waals surface area contributed by atoms with E-state index in [1.807, 2.05) is 54.6 Å². The summed E-state index contributed by atoms with van der Waals surface area (Å²) in [6, 6.07) is 19.8. The summed E-state index contributed by atoms with van der Waals surface area (Å²) in [5.74, 6) is 0. The molecular weight excluding hydrogens is 248 g/mol. The van der Waals surface area contributed by atoms with Gasteiger partial charge >= 0.3 is 0 Å². The minimum absolute atomic E-state index is 0.521. The molecule has 0 heterocycles. The van der Waals surface area contributed by atoms with E-state index < -0.39 is 5.41 Å². The topological polar surface area (TPSA) is 59.0 Å². The Morgan fingerprint density at radius 3 is 2.20 bits per heavy atom. The minimum atomic E-state index is -0.703. The van der Waals surface area contributed by atoms with Gasteiger partial charge in [-0.05, 0) is 29.7 Å². The van der Waals surface area contributed by atoms with Crippen LogP contribution in [0.1, 0.15) is 17.5 Å². The van der Waals surface area contributed by atoms with E-state index in [0.717, 1.165) is 11.1 Å². The molecule has 3 heteroatoms. The molecule has 0 aliphatic heterocycles. The molecular formula is C17H18N2O. The van der Waals surface area contributed by atoms with E-state index in [1.165, 1.54) is 0 Å². The Hall–Kier alpha value is -2.31. The predicted octanol–water partition coefficient (Wildman–Crippen LogP) is 3.11. The zero-order valence-corrected chi connectivity index (χ0v) is 11.5. The normalized spacial score (nSPS) is 13.4. The van der Waals surface area contributed by atoms with Gasteiger partial charge < -0.3 is 10.5 Å². The fourth-order valence-electron chi connectivity index (χ4n) is 2.39. The molecule has 102 valence electrons. The van der Waals surface area contributed by atoms with Crippen LogP contribution in [0.2, 0.25) is 0 Å². The highest BCUT2D eigenvalue weighted by molar-refractivity contribution is 5.49. The van der Waals surface area contributed by atoms with Crippen LogP contribution in [0.15, 0.2) is 54.6 Å². The second kappa shape index (κ2) is 6.23. The Labute approximate surface area is 119 Å². The average molecular weight is 266 g/mol. The van der Waals surface area contributed by atoms with Crippen LogP contribution in [0.5, 0.6) is 0 Å². The van der Waals surface area contributed by atoms with Crippen LogP contribution < -0.4 is 5.73 Å². The van der Waals surface area contributed by atoms with Gasteiger partial charge in [0.05, 0.1) is 6.07 Å². The third kappa shape index (κ3) is 2.66. The number of hydrogen-bond donors (Lipinski definition) is 1. The molecule has 0 spiro atoms. The number of hydrogen-bond acceptors (Lipinski definition) is 3. The molecule has 1 atom stereocenters. The van der Waals surface area contributed by atoms with Crippen molar-refractivity contribution < 1.29 is 4.74 Å².